The average molecular weight is 426 g/mol. The van der Waals surface area contributed by atoms with Crippen molar-refractivity contribution in [1.82, 2.24) is 0 Å². The molecule has 152 valence electrons. The number of benzene rings is 2. The number of carbonyl (C=O) groups excluding carboxylic acids is 1. The second-order valence-electron chi connectivity index (χ2n) is 6.13. The molecular formula is C20H14N2O7S. The second kappa shape index (κ2) is 7.91. The summed E-state index contributed by atoms with van der Waals surface area (Å²) in [6.07, 6.45) is 1.67. The Morgan fingerprint density at radius 1 is 1.27 bits per heavy atom. The Bertz CT molecular complexity index is 1150. The maximum atomic E-state index is 12.2. The number of carbonyl (C=O) groups is 1. The fourth-order valence-electron chi connectivity index (χ4n) is 2.84. The molecule has 0 bridgehead atoms. The van der Waals surface area contributed by atoms with Gasteiger partial charge in [-0.25, -0.2) is 9.79 Å². The Balaban J connectivity index is 1.73. The van der Waals surface area contributed by atoms with Crippen molar-refractivity contribution >= 4 is 40.2 Å². The summed E-state index contributed by atoms with van der Waals surface area (Å²) in [5, 5.41) is 21.8. The first kappa shape index (κ1) is 19.5. The number of aliphatic hydroxyl groups is 1. The molecule has 0 saturated heterocycles. The van der Waals surface area contributed by atoms with Gasteiger partial charge in [0.2, 0.25) is 6.79 Å². The third-order valence-electron chi connectivity index (χ3n) is 4.25. The van der Waals surface area contributed by atoms with Crippen molar-refractivity contribution < 1.29 is 29.0 Å². The van der Waals surface area contributed by atoms with Gasteiger partial charge < -0.3 is 19.3 Å². The number of aliphatic imine (C=N–C) groups is 1. The van der Waals surface area contributed by atoms with Crippen LogP contribution in [0.5, 0.6) is 11.5 Å². The third kappa shape index (κ3) is 3.72. The first-order chi connectivity index (χ1) is 14.5. The first-order valence-electron chi connectivity index (χ1n) is 8.61. The van der Waals surface area contributed by atoms with E-state index in [1.807, 2.05) is 0 Å². The quantitative estimate of drug-likeness (QED) is 0.440. The van der Waals surface area contributed by atoms with Crippen molar-refractivity contribution in [3.8, 4) is 11.5 Å². The fraction of sp³-hybridized carbons (Fsp3) is 0.100. The molecule has 0 saturated carbocycles. The number of non-ortho nitro benzene ring substituents is 1. The number of nitro benzene ring substituents is 1. The van der Waals surface area contributed by atoms with E-state index in [9.17, 15) is 20.0 Å². The first-order valence-corrected chi connectivity index (χ1v) is 9.42. The monoisotopic (exact) mass is 426 g/mol. The van der Waals surface area contributed by atoms with E-state index in [0.29, 0.717) is 22.0 Å². The third-order valence-corrected chi connectivity index (χ3v) is 5.27. The van der Waals surface area contributed by atoms with Gasteiger partial charge in [0.05, 0.1) is 22.6 Å². The van der Waals surface area contributed by atoms with Gasteiger partial charge in [0.25, 0.3) is 5.69 Å². The molecule has 2 aromatic carbocycles. The number of aliphatic hydroxyl groups excluding tert-OH is 1. The average Bonchev–Trinajstić information content (AvgIpc) is 3.32. The van der Waals surface area contributed by atoms with Gasteiger partial charge >= 0.3 is 5.97 Å². The van der Waals surface area contributed by atoms with Crippen molar-refractivity contribution in [1.29, 1.82) is 0 Å². The van der Waals surface area contributed by atoms with Crippen LogP contribution in [0.1, 0.15) is 5.56 Å². The van der Waals surface area contributed by atoms with E-state index in [0.717, 1.165) is 11.8 Å². The highest BCUT2D eigenvalue weighted by Gasteiger charge is 2.33. The summed E-state index contributed by atoms with van der Waals surface area (Å²) in [4.78, 5) is 27.4. The molecule has 2 heterocycles. The summed E-state index contributed by atoms with van der Waals surface area (Å²) in [6.45, 7) is 0.141. The van der Waals surface area contributed by atoms with E-state index in [1.54, 1.807) is 30.3 Å². The number of fused-ring (bicyclic) bond motifs is 1. The molecule has 0 radical (unpaired) electrons. The molecule has 0 aliphatic carbocycles. The Labute approximate surface area is 174 Å². The van der Waals surface area contributed by atoms with Crippen molar-refractivity contribution in [3.05, 3.63) is 74.4 Å². The zero-order valence-electron chi connectivity index (χ0n) is 15.5. The maximum Gasteiger partial charge on any atom is 0.344 e. The number of thioether (sulfide) groups is 1. The zero-order chi connectivity index (χ0) is 21.3. The van der Waals surface area contributed by atoms with E-state index < -0.39 is 10.9 Å². The molecule has 30 heavy (non-hydrogen) atoms. The molecule has 0 aromatic heterocycles. The number of ether oxygens (including phenoxy) is 3. The molecule has 4 rings (SSSR count). The van der Waals surface area contributed by atoms with E-state index in [-0.39, 0.29) is 34.5 Å². The minimum Gasteiger partial charge on any atom is -0.506 e. The van der Waals surface area contributed by atoms with Crippen molar-refractivity contribution in [3.63, 3.8) is 0 Å². The van der Waals surface area contributed by atoms with Crippen LogP contribution in [0.3, 0.4) is 0 Å². The SMILES string of the molecule is COC(=O)C1=C(O)C(=Cc2ccc3c(c2)OCO3)SC1=Nc1cccc([N+](=O)[O-])c1. The van der Waals surface area contributed by atoms with E-state index >= 15 is 0 Å². The van der Waals surface area contributed by atoms with Gasteiger partial charge in [-0.3, -0.25) is 10.1 Å². The lowest BCUT2D eigenvalue weighted by Crippen LogP contribution is -2.10. The summed E-state index contributed by atoms with van der Waals surface area (Å²) in [6, 6.07) is 10.9. The summed E-state index contributed by atoms with van der Waals surface area (Å²) < 4.78 is 15.4. The molecule has 1 N–H and O–H groups in total. The molecule has 9 nitrogen and oxygen atoms in total. The standard InChI is InChI=1S/C20H14N2O7S/c1-27-20(24)17-18(23)16(8-11-5-6-14-15(7-11)29-10-28-14)30-19(17)21-12-3-2-4-13(9-12)22(25)26/h2-9,23H,10H2,1H3. The van der Waals surface area contributed by atoms with Gasteiger partial charge in [-0.2, -0.15) is 0 Å². The molecule has 2 aromatic rings. The smallest absolute Gasteiger partial charge is 0.344 e. The minimum atomic E-state index is -0.765. The lowest BCUT2D eigenvalue weighted by atomic mass is 10.1. The van der Waals surface area contributed by atoms with Crippen LogP contribution in [0.2, 0.25) is 0 Å². The molecule has 2 aliphatic rings. The molecule has 0 atom stereocenters. The highest BCUT2D eigenvalue weighted by molar-refractivity contribution is 8.18. The Morgan fingerprint density at radius 2 is 2.07 bits per heavy atom. The molecule has 0 unspecified atom stereocenters. The number of rotatable bonds is 4. The largest absolute Gasteiger partial charge is 0.506 e. The van der Waals surface area contributed by atoms with Crippen LogP contribution < -0.4 is 9.47 Å². The lowest BCUT2D eigenvalue weighted by Gasteiger charge is -2.02. The highest BCUT2D eigenvalue weighted by Crippen LogP contribution is 2.41. The number of esters is 1. The predicted molar refractivity (Wildman–Crippen MR) is 110 cm³/mol. The van der Waals surface area contributed by atoms with Crippen LogP contribution >= 0.6 is 11.8 Å². The molecule has 0 spiro atoms. The molecular weight excluding hydrogens is 412 g/mol. The summed E-state index contributed by atoms with van der Waals surface area (Å²) in [5.41, 5.74) is 0.740. The van der Waals surface area contributed by atoms with Gasteiger partial charge in [0, 0.05) is 12.1 Å². The zero-order valence-corrected chi connectivity index (χ0v) is 16.3. The van der Waals surface area contributed by atoms with Crippen molar-refractivity contribution in [2.45, 2.75) is 0 Å². The van der Waals surface area contributed by atoms with Crippen LogP contribution in [0, 0.1) is 10.1 Å². The molecule has 10 heteroatoms. The Morgan fingerprint density at radius 3 is 2.83 bits per heavy atom. The number of hydrogen-bond acceptors (Lipinski definition) is 9. The maximum absolute atomic E-state index is 12.2. The number of hydrogen-bond donors (Lipinski definition) is 1. The van der Waals surface area contributed by atoms with Gasteiger partial charge in [-0.05, 0) is 29.8 Å². The topological polar surface area (TPSA) is 120 Å². The summed E-state index contributed by atoms with van der Waals surface area (Å²) in [5.74, 6) is 0.153. The number of methoxy groups -OCH3 is 1. The molecule has 0 amide bonds. The van der Waals surface area contributed by atoms with Crippen LogP contribution in [0.4, 0.5) is 11.4 Å². The number of nitrogens with zero attached hydrogens (tertiary/aromatic N) is 2. The van der Waals surface area contributed by atoms with Gasteiger partial charge in [-0.15, -0.1) is 0 Å². The lowest BCUT2D eigenvalue weighted by molar-refractivity contribution is -0.384. The summed E-state index contributed by atoms with van der Waals surface area (Å²) in [7, 11) is 1.19. The molecule has 2 aliphatic heterocycles. The minimum absolute atomic E-state index is 0.110. The Kier molecular flexibility index (Phi) is 5.15. The van der Waals surface area contributed by atoms with Crippen LogP contribution in [0.25, 0.3) is 6.08 Å². The van der Waals surface area contributed by atoms with Crippen molar-refractivity contribution in [2.75, 3.05) is 13.9 Å². The van der Waals surface area contributed by atoms with E-state index in [4.69, 9.17) is 14.2 Å². The highest BCUT2D eigenvalue weighted by atomic mass is 32.2. The molecule has 0 fully saturated rings. The number of nitro groups is 1. The van der Waals surface area contributed by atoms with Crippen LogP contribution in [-0.2, 0) is 9.53 Å². The normalized spacial score (nSPS) is 17.6. The Hall–Kier alpha value is -3.79. The van der Waals surface area contributed by atoms with Crippen LogP contribution in [-0.4, -0.2) is 34.9 Å². The van der Waals surface area contributed by atoms with Crippen LogP contribution in [0.15, 0.2) is 63.7 Å². The van der Waals surface area contributed by atoms with E-state index in [2.05, 4.69) is 4.99 Å². The second-order valence-corrected chi connectivity index (χ2v) is 7.16. The van der Waals surface area contributed by atoms with E-state index in [1.165, 1.54) is 25.3 Å². The summed E-state index contributed by atoms with van der Waals surface area (Å²) >= 11 is 1.05. The van der Waals surface area contributed by atoms with Gasteiger partial charge in [-0.1, -0.05) is 23.9 Å². The van der Waals surface area contributed by atoms with Gasteiger partial charge in [0.15, 0.2) is 11.5 Å². The predicted octanol–water partition coefficient (Wildman–Crippen LogP) is 4.13. The fourth-order valence-corrected chi connectivity index (χ4v) is 3.87. The van der Waals surface area contributed by atoms with Crippen molar-refractivity contribution in [2.24, 2.45) is 4.99 Å². The van der Waals surface area contributed by atoms with Gasteiger partial charge in [0.1, 0.15) is 16.4 Å².